The van der Waals surface area contributed by atoms with E-state index in [0.717, 1.165) is 27.7 Å². The predicted octanol–water partition coefficient (Wildman–Crippen LogP) is 3.74. The quantitative estimate of drug-likeness (QED) is 0.829. The van der Waals surface area contributed by atoms with Crippen LogP contribution in [0.5, 0.6) is 0 Å². The van der Waals surface area contributed by atoms with Crippen LogP contribution < -0.4 is 5.32 Å². The fourth-order valence-corrected chi connectivity index (χ4v) is 3.05. The fourth-order valence-electron chi connectivity index (χ4n) is 2.09. The van der Waals surface area contributed by atoms with Crippen LogP contribution in [0.2, 0.25) is 0 Å². The Balaban J connectivity index is 2.44. The predicted molar refractivity (Wildman–Crippen MR) is 87.7 cm³/mol. The topological polar surface area (TPSA) is 42.7 Å². The molecule has 20 heavy (non-hydrogen) atoms. The summed E-state index contributed by atoms with van der Waals surface area (Å²) >= 11 is 7.10. The minimum absolute atomic E-state index is 0.0706. The lowest BCUT2D eigenvalue weighted by Gasteiger charge is -2.20. The van der Waals surface area contributed by atoms with Crippen LogP contribution in [0.4, 0.5) is 0 Å². The van der Waals surface area contributed by atoms with Gasteiger partial charge in [-0.25, -0.2) is 4.68 Å². The molecule has 1 heterocycles. The number of nitrogens with one attached hydrogen (secondary N) is 1. The number of hydrogen-bond donors (Lipinski definition) is 1. The van der Waals surface area contributed by atoms with Crippen molar-refractivity contribution in [2.24, 2.45) is 7.05 Å². The van der Waals surface area contributed by atoms with E-state index in [0.29, 0.717) is 0 Å². The van der Waals surface area contributed by atoms with Gasteiger partial charge in [0, 0.05) is 11.5 Å². The van der Waals surface area contributed by atoms with E-state index in [2.05, 4.69) is 79.5 Å². The van der Waals surface area contributed by atoms with Gasteiger partial charge in [-0.15, -0.1) is 5.10 Å². The van der Waals surface area contributed by atoms with Gasteiger partial charge < -0.3 is 5.32 Å². The van der Waals surface area contributed by atoms with Gasteiger partial charge in [0.2, 0.25) is 0 Å². The Labute approximate surface area is 136 Å². The molecule has 1 aromatic carbocycles. The van der Waals surface area contributed by atoms with Gasteiger partial charge in [-0.2, -0.15) is 0 Å². The van der Waals surface area contributed by atoms with Crippen molar-refractivity contribution in [2.45, 2.75) is 26.3 Å². The van der Waals surface area contributed by atoms with Gasteiger partial charge in [0.15, 0.2) is 4.60 Å². The van der Waals surface area contributed by atoms with Crippen LogP contribution in [-0.2, 0) is 7.05 Å². The smallest absolute Gasteiger partial charge is 0.153 e. The summed E-state index contributed by atoms with van der Waals surface area (Å²) in [5, 5.41) is 11.7. The maximum atomic E-state index is 4.09. The van der Waals surface area contributed by atoms with Crippen molar-refractivity contribution in [2.75, 3.05) is 6.54 Å². The number of halogens is 2. The second-order valence-corrected chi connectivity index (χ2v) is 6.39. The van der Waals surface area contributed by atoms with Crippen LogP contribution in [0.3, 0.4) is 0 Å². The van der Waals surface area contributed by atoms with E-state index >= 15 is 0 Å². The summed E-state index contributed by atoms with van der Waals surface area (Å²) in [6.07, 6.45) is 1.08. The summed E-state index contributed by atoms with van der Waals surface area (Å²) in [7, 11) is 1.91. The molecule has 0 bridgehead atoms. The van der Waals surface area contributed by atoms with Crippen LogP contribution in [0, 0.1) is 6.92 Å². The molecule has 0 radical (unpaired) electrons. The number of rotatable bonds is 5. The maximum Gasteiger partial charge on any atom is 0.153 e. The van der Waals surface area contributed by atoms with E-state index in [1.54, 1.807) is 0 Å². The first kappa shape index (κ1) is 15.7. The molecule has 2 aromatic rings. The number of aryl methyl sites for hydroxylation is 2. The lowest BCUT2D eigenvalue weighted by atomic mass is 10.0. The Morgan fingerprint density at radius 3 is 2.65 bits per heavy atom. The van der Waals surface area contributed by atoms with Gasteiger partial charge in [-0.1, -0.05) is 40.2 Å². The molecule has 4 nitrogen and oxygen atoms in total. The molecule has 6 heteroatoms. The lowest BCUT2D eigenvalue weighted by Crippen LogP contribution is -2.25. The van der Waals surface area contributed by atoms with Gasteiger partial charge in [-0.3, -0.25) is 0 Å². The number of benzene rings is 1. The molecule has 0 saturated carbocycles. The summed E-state index contributed by atoms with van der Waals surface area (Å²) in [6, 6.07) is 6.49. The van der Waals surface area contributed by atoms with Crippen LogP contribution >= 0.6 is 31.9 Å². The molecular weight excluding hydrogens is 384 g/mol. The number of hydrogen-bond acceptors (Lipinski definition) is 3. The number of nitrogens with zero attached hydrogens (tertiary/aromatic N) is 3. The second kappa shape index (κ2) is 6.83. The minimum atomic E-state index is 0.0706. The van der Waals surface area contributed by atoms with Crippen molar-refractivity contribution < 1.29 is 0 Å². The molecular formula is C14H18Br2N4. The molecule has 1 atom stereocenters. The monoisotopic (exact) mass is 400 g/mol. The van der Waals surface area contributed by atoms with Crippen LogP contribution in [0.25, 0.3) is 0 Å². The standard InChI is InChI=1S/C14H18Br2N4/c1-4-7-17-12(13-14(16)18-19-20(13)3)10-6-5-9(2)11(15)8-10/h5-6,8,12,17H,4,7H2,1-3H3. The average molecular weight is 402 g/mol. The van der Waals surface area contributed by atoms with Crippen LogP contribution in [0.1, 0.15) is 36.2 Å². The SMILES string of the molecule is CCCNC(c1ccc(C)c(Br)c1)c1c(Br)nnn1C. The van der Waals surface area contributed by atoms with Crippen molar-refractivity contribution in [1.29, 1.82) is 0 Å². The molecule has 1 unspecified atom stereocenters. The van der Waals surface area contributed by atoms with E-state index in [1.807, 2.05) is 11.7 Å². The molecule has 0 spiro atoms. The molecule has 1 aromatic heterocycles. The highest BCUT2D eigenvalue weighted by Gasteiger charge is 2.21. The number of aromatic nitrogens is 3. The summed E-state index contributed by atoms with van der Waals surface area (Å²) in [5.74, 6) is 0. The lowest BCUT2D eigenvalue weighted by molar-refractivity contribution is 0.549. The molecule has 0 aliphatic rings. The summed E-state index contributed by atoms with van der Waals surface area (Å²) < 4.78 is 3.71. The first-order valence-electron chi connectivity index (χ1n) is 6.59. The summed E-state index contributed by atoms with van der Waals surface area (Å²) in [4.78, 5) is 0. The highest BCUT2D eigenvalue weighted by molar-refractivity contribution is 9.10. The fraction of sp³-hybridized carbons (Fsp3) is 0.429. The second-order valence-electron chi connectivity index (χ2n) is 4.78. The van der Waals surface area contributed by atoms with Crippen molar-refractivity contribution >= 4 is 31.9 Å². The minimum Gasteiger partial charge on any atom is -0.305 e. The van der Waals surface area contributed by atoms with E-state index in [9.17, 15) is 0 Å². The molecule has 2 rings (SSSR count). The normalized spacial score (nSPS) is 12.7. The van der Waals surface area contributed by atoms with Crippen molar-refractivity contribution in [1.82, 2.24) is 20.3 Å². The first-order chi connectivity index (χ1) is 9.54. The van der Waals surface area contributed by atoms with Crippen LogP contribution in [0.15, 0.2) is 27.3 Å². The third-order valence-electron chi connectivity index (χ3n) is 3.23. The van der Waals surface area contributed by atoms with Crippen LogP contribution in [-0.4, -0.2) is 21.5 Å². The highest BCUT2D eigenvalue weighted by Crippen LogP contribution is 2.29. The zero-order valence-corrected chi connectivity index (χ0v) is 15.0. The Kier molecular flexibility index (Phi) is 5.35. The summed E-state index contributed by atoms with van der Waals surface area (Å²) in [5.41, 5.74) is 3.46. The average Bonchev–Trinajstić information content (AvgIpc) is 2.75. The van der Waals surface area contributed by atoms with Gasteiger partial charge in [-0.05, 0) is 53.0 Å². The molecule has 108 valence electrons. The molecule has 0 fully saturated rings. The molecule has 0 aliphatic heterocycles. The van der Waals surface area contributed by atoms with Gasteiger partial charge >= 0.3 is 0 Å². The van der Waals surface area contributed by atoms with Gasteiger partial charge in [0.1, 0.15) is 0 Å². The largest absolute Gasteiger partial charge is 0.305 e. The molecule has 0 amide bonds. The van der Waals surface area contributed by atoms with Gasteiger partial charge in [0.05, 0.1) is 11.7 Å². The van der Waals surface area contributed by atoms with Crippen molar-refractivity contribution in [3.8, 4) is 0 Å². The Hall–Kier alpha value is -0.720. The summed E-state index contributed by atoms with van der Waals surface area (Å²) in [6.45, 7) is 5.18. The first-order valence-corrected chi connectivity index (χ1v) is 8.17. The van der Waals surface area contributed by atoms with Crippen molar-refractivity contribution in [3.63, 3.8) is 0 Å². The van der Waals surface area contributed by atoms with E-state index in [-0.39, 0.29) is 6.04 Å². The third-order valence-corrected chi connectivity index (χ3v) is 4.65. The zero-order valence-electron chi connectivity index (χ0n) is 11.8. The molecule has 0 saturated heterocycles. The molecule has 0 aliphatic carbocycles. The Bertz CT molecular complexity index is 575. The zero-order chi connectivity index (χ0) is 14.7. The maximum absolute atomic E-state index is 4.09. The Morgan fingerprint density at radius 2 is 2.10 bits per heavy atom. The highest BCUT2D eigenvalue weighted by atomic mass is 79.9. The van der Waals surface area contributed by atoms with Crippen molar-refractivity contribution in [3.05, 3.63) is 44.1 Å². The molecule has 1 N–H and O–H groups in total. The van der Waals surface area contributed by atoms with E-state index in [1.165, 1.54) is 11.1 Å². The van der Waals surface area contributed by atoms with E-state index < -0.39 is 0 Å². The van der Waals surface area contributed by atoms with E-state index in [4.69, 9.17) is 0 Å². The Morgan fingerprint density at radius 1 is 1.35 bits per heavy atom. The third kappa shape index (κ3) is 3.30. The van der Waals surface area contributed by atoms with Gasteiger partial charge in [0.25, 0.3) is 0 Å².